The second-order valence-corrected chi connectivity index (χ2v) is 3.35. The van der Waals surface area contributed by atoms with Crippen LogP contribution in [0.2, 0.25) is 5.15 Å². The third-order valence-electron chi connectivity index (χ3n) is 1.94. The van der Waals surface area contributed by atoms with Crippen molar-refractivity contribution >= 4 is 17.5 Å². The molecule has 0 saturated carbocycles. The van der Waals surface area contributed by atoms with Crippen LogP contribution in [0.3, 0.4) is 0 Å². The van der Waals surface area contributed by atoms with Gasteiger partial charge in [0.05, 0.1) is 6.07 Å². The number of aromatic nitrogens is 2. The molecule has 0 bridgehead atoms. The lowest BCUT2D eigenvalue weighted by Crippen LogP contribution is -2.34. The molecular weight excluding hydrogens is 216 g/mol. The Kier molecular flexibility index (Phi) is 3.58. The van der Waals surface area contributed by atoms with Crippen molar-refractivity contribution in [3.8, 4) is 6.07 Å². The molecular formula is C9H9ClN4O. The van der Waals surface area contributed by atoms with Crippen molar-refractivity contribution < 1.29 is 4.79 Å². The summed E-state index contributed by atoms with van der Waals surface area (Å²) in [5.41, 5.74) is 0.170. The molecule has 1 atom stereocenters. The zero-order valence-corrected chi connectivity index (χ0v) is 9.06. The third-order valence-corrected chi connectivity index (χ3v) is 2.14. The first-order chi connectivity index (χ1) is 7.06. The summed E-state index contributed by atoms with van der Waals surface area (Å²) in [5.74, 6) is -0.354. The van der Waals surface area contributed by atoms with E-state index in [0.717, 1.165) is 0 Å². The molecule has 0 radical (unpaired) electrons. The Morgan fingerprint density at radius 3 is 2.73 bits per heavy atom. The van der Waals surface area contributed by atoms with Gasteiger partial charge >= 0.3 is 0 Å². The van der Waals surface area contributed by atoms with E-state index in [1.165, 1.54) is 24.1 Å². The van der Waals surface area contributed by atoms with Gasteiger partial charge in [0.15, 0.2) is 10.8 Å². The van der Waals surface area contributed by atoms with Crippen molar-refractivity contribution in [2.24, 2.45) is 0 Å². The molecule has 0 N–H and O–H groups in total. The lowest BCUT2D eigenvalue weighted by molar-refractivity contribution is 0.0766. The van der Waals surface area contributed by atoms with Crippen molar-refractivity contribution in [2.75, 3.05) is 7.05 Å². The smallest absolute Gasteiger partial charge is 0.275 e. The Bertz CT molecular complexity index is 398. The zero-order chi connectivity index (χ0) is 11.4. The van der Waals surface area contributed by atoms with Gasteiger partial charge in [-0.25, -0.2) is 0 Å². The first-order valence-corrected chi connectivity index (χ1v) is 4.60. The molecule has 5 nitrogen and oxygen atoms in total. The van der Waals surface area contributed by atoms with E-state index in [9.17, 15) is 4.79 Å². The van der Waals surface area contributed by atoms with Crippen LogP contribution in [-0.4, -0.2) is 34.1 Å². The predicted molar refractivity (Wildman–Crippen MR) is 54.2 cm³/mol. The summed E-state index contributed by atoms with van der Waals surface area (Å²) in [6.07, 6.45) is 0. The largest absolute Gasteiger partial charge is 0.325 e. The third kappa shape index (κ3) is 2.64. The van der Waals surface area contributed by atoms with Crippen LogP contribution in [0, 0.1) is 11.3 Å². The average Bonchev–Trinajstić information content (AvgIpc) is 2.27. The summed E-state index contributed by atoms with van der Waals surface area (Å²) in [6.45, 7) is 1.63. The number of hydrogen-bond acceptors (Lipinski definition) is 4. The SMILES string of the molecule is CC(C#N)N(C)C(=O)c1ccc(Cl)nn1. The number of amides is 1. The first-order valence-electron chi connectivity index (χ1n) is 4.22. The molecule has 1 heterocycles. The van der Waals surface area contributed by atoms with Crippen LogP contribution in [0.15, 0.2) is 12.1 Å². The monoisotopic (exact) mass is 224 g/mol. The number of hydrogen-bond donors (Lipinski definition) is 0. The van der Waals surface area contributed by atoms with Crippen molar-refractivity contribution in [2.45, 2.75) is 13.0 Å². The summed E-state index contributed by atoms with van der Waals surface area (Å²) in [4.78, 5) is 13.0. The molecule has 0 spiro atoms. The summed E-state index contributed by atoms with van der Waals surface area (Å²) in [6, 6.07) is 4.40. The van der Waals surface area contributed by atoms with Gasteiger partial charge in [0.25, 0.3) is 5.91 Å². The molecule has 0 aliphatic heterocycles. The maximum atomic E-state index is 11.7. The maximum Gasteiger partial charge on any atom is 0.275 e. The predicted octanol–water partition coefficient (Wildman–Crippen LogP) is 1.11. The number of carbonyl (C=O) groups is 1. The van der Waals surface area contributed by atoms with Gasteiger partial charge in [-0.05, 0) is 19.1 Å². The van der Waals surface area contributed by atoms with Crippen molar-refractivity contribution in [3.63, 3.8) is 0 Å². The van der Waals surface area contributed by atoms with Gasteiger partial charge in [-0.2, -0.15) is 5.26 Å². The summed E-state index contributed by atoms with van der Waals surface area (Å²) in [5, 5.41) is 16.1. The number of carbonyl (C=O) groups excluding carboxylic acids is 1. The van der Waals surface area contributed by atoms with Crippen LogP contribution in [0.4, 0.5) is 0 Å². The lowest BCUT2D eigenvalue weighted by atomic mass is 10.3. The highest BCUT2D eigenvalue weighted by molar-refractivity contribution is 6.29. The van der Waals surface area contributed by atoms with E-state index in [-0.39, 0.29) is 16.8 Å². The number of rotatable bonds is 2. The molecule has 0 aliphatic carbocycles. The fourth-order valence-corrected chi connectivity index (χ4v) is 0.974. The van der Waals surface area contributed by atoms with Crippen LogP contribution in [0.5, 0.6) is 0 Å². The van der Waals surface area contributed by atoms with E-state index in [2.05, 4.69) is 10.2 Å². The average molecular weight is 225 g/mol. The number of nitrogens with zero attached hydrogens (tertiary/aromatic N) is 4. The second-order valence-electron chi connectivity index (χ2n) is 2.96. The molecule has 1 rings (SSSR count). The van der Waals surface area contributed by atoms with Crippen molar-refractivity contribution in [1.29, 1.82) is 5.26 Å². The Morgan fingerprint density at radius 2 is 2.27 bits per heavy atom. The van der Waals surface area contributed by atoms with Crippen LogP contribution in [0.1, 0.15) is 17.4 Å². The molecule has 1 unspecified atom stereocenters. The van der Waals surface area contributed by atoms with Gasteiger partial charge < -0.3 is 4.90 Å². The first kappa shape index (κ1) is 11.4. The normalized spacial score (nSPS) is 11.6. The zero-order valence-electron chi connectivity index (χ0n) is 8.31. The van der Waals surface area contributed by atoms with Crippen LogP contribution in [0.25, 0.3) is 0 Å². The van der Waals surface area contributed by atoms with E-state index in [0.29, 0.717) is 0 Å². The topological polar surface area (TPSA) is 69.9 Å². The van der Waals surface area contributed by atoms with E-state index < -0.39 is 6.04 Å². The highest BCUT2D eigenvalue weighted by atomic mass is 35.5. The molecule has 1 aromatic rings. The number of nitriles is 1. The van der Waals surface area contributed by atoms with Crippen LogP contribution < -0.4 is 0 Å². The molecule has 15 heavy (non-hydrogen) atoms. The second kappa shape index (κ2) is 4.71. The Morgan fingerprint density at radius 1 is 1.60 bits per heavy atom. The highest BCUT2D eigenvalue weighted by Crippen LogP contribution is 2.06. The lowest BCUT2D eigenvalue weighted by Gasteiger charge is -2.18. The van der Waals surface area contributed by atoms with Crippen LogP contribution >= 0.6 is 11.6 Å². The molecule has 1 amide bonds. The van der Waals surface area contributed by atoms with E-state index in [1.54, 1.807) is 6.92 Å². The van der Waals surface area contributed by atoms with Crippen LogP contribution in [-0.2, 0) is 0 Å². The van der Waals surface area contributed by atoms with Gasteiger partial charge in [0, 0.05) is 7.05 Å². The molecule has 6 heteroatoms. The van der Waals surface area contributed by atoms with E-state index in [4.69, 9.17) is 16.9 Å². The van der Waals surface area contributed by atoms with Gasteiger partial charge in [0.2, 0.25) is 0 Å². The Labute approximate surface area is 92.3 Å². The molecule has 78 valence electrons. The fraction of sp³-hybridized carbons (Fsp3) is 0.333. The van der Waals surface area contributed by atoms with E-state index in [1.807, 2.05) is 6.07 Å². The number of halogens is 1. The summed E-state index contributed by atoms with van der Waals surface area (Å²) in [7, 11) is 1.53. The molecule has 0 fully saturated rings. The molecule has 0 aliphatic rings. The minimum atomic E-state index is -0.505. The molecule has 0 aromatic carbocycles. The van der Waals surface area contributed by atoms with E-state index >= 15 is 0 Å². The van der Waals surface area contributed by atoms with Gasteiger partial charge in [0.1, 0.15) is 6.04 Å². The standard InChI is InChI=1S/C9H9ClN4O/c1-6(5-11)14(2)9(15)7-3-4-8(10)13-12-7/h3-4,6H,1-2H3. The van der Waals surface area contributed by atoms with Crippen molar-refractivity contribution in [1.82, 2.24) is 15.1 Å². The summed E-state index contributed by atoms with van der Waals surface area (Å²) < 4.78 is 0. The molecule has 1 aromatic heterocycles. The maximum absolute atomic E-state index is 11.7. The molecule has 0 saturated heterocycles. The quantitative estimate of drug-likeness (QED) is 0.755. The Balaban J connectivity index is 2.86. The van der Waals surface area contributed by atoms with Gasteiger partial charge in [-0.15, -0.1) is 10.2 Å². The fourth-order valence-electron chi connectivity index (χ4n) is 0.873. The van der Waals surface area contributed by atoms with Gasteiger partial charge in [-0.1, -0.05) is 11.6 Å². The Hall–Kier alpha value is -1.67. The minimum absolute atomic E-state index is 0.170. The highest BCUT2D eigenvalue weighted by Gasteiger charge is 2.18. The van der Waals surface area contributed by atoms with Gasteiger partial charge in [-0.3, -0.25) is 4.79 Å². The van der Waals surface area contributed by atoms with Crippen molar-refractivity contribution in [3.05, 3.63) is 23.0 Å². The summed E-state index contributed by atoms with van der Waals surface area (Å²) >= 11 is 5.53. The minimum Gasteiger partial charge on any atom is -0.325 e.